The van der Waals surface area contributed by atoms with Crippen LogP contribution in [0, 0.1) is 12.8 Å². The average molecular weight is 402 g/mol. The van der Waals surface area contributed by atoms with E-state index >= 15 is 0 Å². The lowest BCUT2D eigenvalue weighted by Crippen LogP contribution is -2.48. The van der Waals surface area contributed by atoms with E-state index in [1.807, 2.05) is 31.7 Å². The van der Waals surface area contributed by atoms with Crippen LogP contribution >= 0.6 is 11.6 Å². The summed E-state index contributed by atoms with van der Waals surface area (Å²) in [5, 5.41) is 0.760. The highest BCUT2D eigenvalue weighted by Crippen LogP contribution is 2.46. The summed E-state index contributed by atoms with van der Waals surface area (Å²) in [6.07, 6.45) is 3.08. The van der Waals surface area contributed by atoms with Gasteiger partial charge in [-0.3, -0.25) is 9.69 Å². The molecule has 1 aromatic rings. The highest BCUT2D eigenvalue weighted by Gasteiger charge is 2.38. The van der Waals surface area contributed by atoms with Crippen LogP contribution in [-0.2, 0) is 4.79 Å². The first kappa shape index (κ1) is 20.9. The van der Waals surface area contributed by atoms with Crippen LogP contribution in [0.4, 0.5) is 0 Å². The molecule has 2 aliphatic rings. The number of nitrogens with zero attached hydrogens (tertiary/aromatic N) is 2. The first-order chi connectivity index (χ1) is 13.3. The van der Waals surface area contributed by atoms with Crippen molar-refractivity contribution in [1.82, 2.24) is 9.80 Å². The highest BCUT2D eigenvalue weighted by atomic mass is 35.5. The number of benzene rings is 1. The van der Waals surface area contributed by atoms with Crippen molar-refractivity contribution in [3.05, 3.63) is 45.6 Å². The summed E-state index contributed by atoms with van der Waals surface area (Å²) in [7, 11) is 0. The number of carbonyl (C=O) groups is 1. The lowest BCUT2D eigenvalue weighted by atomic mass is 9.74. The molecule has 0 saturated heterocycles. The van der Waals surface area contributed by atoms with Gasteiger partial charge in [-0.25, -0.2) is 0 Å². The van der Waals surface area contributed by atoms with E-state index in [4.69, 9.17) is 17.3 Å². The van der Waals surface area contributed by atoms with Crippen LogP contribution in [0.5, 0.6) is 0 Å². The third kappa shape index (κ3) is 3.48. The Balaban J connectivity index is 2.17. The van der Waals surface area contributed by atoms with Crippen LogP contribution in [0.3, 0.4) is 0 Å². The maximum atomic E-state index is 13.1. The second-order valence-electron chi connectivity index (χ2n) is 7.80. The maximum Gasteiger partial charge on any atom is 0.230 e. The molecule has 0 saturated carbocycles. The molecule has 3 rings (SSSR count). The lowest BCUT2D eigenvalue weighted by molar-refractivity contribution is -0.134. The van der Waals surface area contributed by atoms with Crippen molar-refractivity contribution < 1.29 is 4.79 Å². The van der Waals surface area contributed by atoms with Crippen molar-refractivity contribution in [3.8, 4) is 0 Å². The molecule has 1 aromatic carbocycles. The molecule has 0 spiro atoms. The number of carbonyl (C=O) groups excluding carboxylic acids is 1. The van der Waals surface area contributed by atoms with Crippen LogP contribution in [0.1, 0.15) is 50.8 Å². The predicted molar refractivity (Wildman–Crippen MR) is 118 cm³/mol. The Hall–Kier alpha value is -1.78. The zero-order valence-electron chi connectivity index (χ0n) is 17.7. The number of hydrogen-bond acceptors (Lipinski definition) is 3. The fourth-order valence-electron chi connectivity index (χ4n) is 4.70. The van der Waals surface area contributed by atoms with Gasteiger partial charge in [-0.05, 0) is 74.6 Å². The molecular weight excluding hydrogens is 370 g/mol. The summed E-state index contributed by atoms with van der Waals surface area (Å²) >= 11 is 6.45. The van der Waals surface area contributed by atoms with E-state index in [9.17, 15) is 4.79 Å². The van der Waals surface area contributed by atoms with Crippen LogP contribution in [0.25, 0.3) is 11.1 Å². The molecule has 4 nitrogen and oxygen atoms in total. The van der Waals surface area contributed by atoms with Gasteiger partial charge in [0.25, 0.3) is 0 Å². The molecule has 5 heteroatoms. The molecular formula is C23H32ClN3O. The number of hydrogen-bond donors (Lipinski definition) is 1. The molecule has 1 amide bonds. The quantitative estimate of drug-likeness (QED) is 0.817. The molecule has 1 aliphatic carbocycles. The zero-order chi connectivity index (χ0) is 20.6. The number of likely N-dealkylation sites (N-methyl/N-ethyl adjacent to an activating group) is 1. The Morgan fingerprint density at radius 2 is 1.96 bits per heavy atom. The largest absolute Gasteiger partial charge is 0.402 e. The second-order valence-corrected chi connectivity index (χ2v) is 8.21. The number of allylic oxidation sites excluding steroid dienone is 1. The lowest BCUT2D eigenvalue weighted by Gasteiger charge is -2.44. The first-order valence-corrected chi connectivity index (χ1v) is 10.7. The molecule has 0 bridgehead atoms. The van der Waals surface area contributed by atoms with Gasteiger partial charge in [0.1, 0.15) is 0 Å². The third-order valence-corrected chi connectivity index (χ3v) is 6.70. The minimum Gasteiger partial charge on any atom is -0.402 e. The van der Waals surface area contributed by atoms with Crippen molar-refractivity contribution in [2.45, 2.75) is 47.1 Å². The van der Waals surface area contributed by atoms with Crippen molar-refractivity contribution in [2.75, 3.05) is 26.2 Å². The third-order valence-electron chi connectivity index (χ3n) is 6.30. The van der Waals surface area contributed by atoms with Crippen LogP contribution in [0.15, 0.2) is 23.9 Å². The van der Waals surface area contributed by atoms with E-state index in [1.54, 1.807) is 0 Å². The molecule has 0 fully saturated rings. The zero-order valence-corrected chi connectivity index (χ0v) is 18.4. The van der Waals surface area contributed by atoms with Crippen LogP contribution < -0.4 is 5.73 Å². The van der Waals surface area contributed by atoms with E-state index in [0.717, 1.165) is 54.4 Å². The minimum absolute atomic E-state index is 0.112. The Kier molecular flexibility index (Phi) is 6.21. The number of halogens is 1. The van der Waals surface area contributed by atoms with Gasteiger partial charge in [0.05, 0.1) is 5.92 Å². The summed E-state index contributed by atoms with van der Waals surface area (Å²) in [6, 6.07) is 4.32. The molecule has 2 N–H and O–H groups in total. The Morgan fingerprint density at radius 3 is 2.54 bits per heavy atom. The molecule has 0 radical (unpaired) electrons. The van der Waals surface area contributed by atoms with E-state index in [1.165, 1.54) is 16.7 Å². The number of fused-ring (bicyclic) bond motifs is 3. The van der Waals surface area contributed by atoms with Gasteiger partial charge in [0.15, 0.2) is 0 Å². The van der Waals surface area contributed by atoms with Crippen LogP contribution in [-0.4, -0.2) is 47.9 Å². The van der Waals surface area contributed by atoms with Gasteiger partial charge < -0.3 is 10.6 Å². The Labute approximate surface area is 174 Å². The fraction of sp³-hybridized carbons (Fsp3) is 0.522. The Morgan fingerprint density at radius 1 is 1.29 bits per heavy atom. The number of rotatable bonds is 4. The van der Waals surface area contributed by atoms with Gasteiger partial charge in [0, 0.05) is 36.4 Å². The van der Waals surface area contributed by atoms with E-state index in [2.05, 4.69) is 30.9 Å². The van der Waals surface area contributed by atoms with Crippen LogP contribution in [0.2, 0.25) is 5.02 Å². The smallest absolute Gasteiger partial charge is 0.230 e. The molecule has 28 heavy (non-hydrogen) atoms. The second kappa shape index (κ2) is 8.30. The van der Waals surface area contributed by atoms with Crippen molar-refractivity contribution in [2.24, 2.45) is 11.7 Å². The van der Waals surface area contributed by atoms with Gasteiger partial charge in [-0.2, -0.15) is 0 Å². The van der Waals surface area contributed by atoms with Gasteiger partial charge in [-0.1, -0.05) is 30.7 Å². The molecule has 1 heterocycles. The molecule has 0 unspecified atom stereocenters. The molecule has 2 atom stereocenters. The SMILES string of the molecule is CCN(CC)C(=O)[C@@H]1C=C2c3ccc(Cl)c(C)c3/C(=C(/C)N)C[C@H]2N(CC)C1. The fourth-order valence-corrected chi connectivity index (χ4v) is 4.86. The van der Waals surface area contributed by atoms with Gasteiger partial charge >= 0.3 is 0 Å². The molecule has 0 aromatic heterocycles. The average Bonchev–Trinajstić information content (AvgIpc) is 2.69. The monoisotopic (exact) mass is 401 g/mol. The maximum absolute atomic E-state index is 13.1. The van der Waals surface area contributed by atoms with E-state index < -0.39 is 0 Å². The number of amides is 1. The van der Waals surface area contributed by atoms with Crippen molar-refractivity contribution in [3.63, 3.8) is 0 Å². The number of nitrogens with two attached hydrogens (primary N) is 1. The van der Waals surface area contributed by atoms with Gasteiger partial charge in [-0.15, -0.1) is 0 Å². The van der Waals surface area contributed by atoms with Crippen molar-refractivity contribution in [1.29, 1.82) is 0 Å². The van der Waals surface area contributed by atoms with E-state index in [-0.39, 0.29) is 17.9 Å². The summed E-state index contributed by atoms with van der Waals surface area (Å²) < 4.78 is 0. The van der Waals surface area contributed by atoms with Gasteiger partial charge in [0.2, 0.25) is 5.91 Å². The molecule has 1 aliphatic heterocycles. The summed E-state index contributed by atoms with van der Waals surface area (Å²) in [5.41, 5.74) is 13.0. The topological polar surface area (TPSA) is 49.6 Å². The molecule has 152 valence electrons. The Bertz CT molecular complexity index is 834. The first-order valence-electron chi connectivity index (χ1n) is 10.3. The summed E-state index contributed by atoms with van der Waals surface area (Å²) in [6.45, 7) is 13.4. The highest BCUT2D eigenvalue weighted by molar-refractivity contribution is 6.31. The van der Waals surface area contributed by atoms with E-state index in [0.29, 0.717) is 0 Å². The summed E-state index contributed by atoms with van der Waals surface area (Å²) in [5.74, 6) is 0.109. The predicted octanol–water partition coefficient (Wildman–Crippen LogP) is 4.31. The van der Waals surface area contributed by atoms with Crippen molar-refractivity contribution >= 4 is 28.7 Å². The normalized spacial score (nSPS) is 23.6. The standard InChI is InChI=1S/C23H32ClN3O/c1-6-26(7-2)23(28)16-11-19-17-9-10-20(24)14(4)22(17)18(15(5)25)12-21(19)27(8-3)13-16/h9-11,16,21H,6-8,12-13,25H2,1-5H3/b18-15-/t16-,21-/m1/s1. The summed E-state index contributed by atoms with van der Waals surface area (Å²) in [4.78, 5) is 17.5. The minimum atomic E-state index is -0.112.